The summed E-state index contributed by atoms with van der Waals surface area (Å²) in [6.45, 7) is 7.80. The fraction of sp³-hybridized carbons (Fsp3) is 0.500. The molecule has 10 heteroatoms. The van der Waals surface area contributed by atoms with E-state index in [2.05, 4.69) is 34.4 Å². The molecule has 0 radical (unpaired) electrons. The lowest BCUT2D eigenvalue weighted by molar-refractivity contribution is -0.127. The number of rotatable bonds is 19. The van der Waals surface area contributed by atoms with Crippen LogP contribution in [-0.4, -0.2) is 74.2 Å². The van der Waals surface area contributed by atoms with E-state index in [1.54, 1.807) is 0 Å². The first-order valence-corrected chi connectivity index (χ1v) is 9.52. The molecule has 0 aromatic carbocycles. The van der Waals surface area contributed by atoms with Crippen molar-refractivity contribution in [1.82, 2.24) is 21.3 Å². The molecule has 0 bridgehead atoms. The van der Waals surface area contributed by atoms with E-state index in [9.17, 15) is 28.8 Å². The van der Waals surface area contributed by atoms with Gasteiger partial charge < -0.3 is 29.8 Å². The summed E-state index contributed by atoms with van der Waals surface area (Å²) in [5.41, 5.74) is -3.11. The van der Waals surface area contributed by atoms with Crippen LogP contribution in [0.2, 0.25) is 0 Å². The highest BCUT2D eigenvalue weighted by molar-refractivity contribution is 5.91. The predicted octanol–water partition coefficient (Wildman–Crippen LogP) is -1.40. The monoisotopic (exact) mass is 422 g/mol. The number of nitrogens with one attached hydrogen (secondary N) is 4. The van der Waals surface area contributed by atoms with E-state index in [-0.39, 0.29) is 37.7 Å². The molecule has 0 heterocycles. The summed E-state index contributed by atoms with van der Waals surface area (Å²) in [5.74, 6) is -0.659. The molecule has 0 saturated carbocycles. The molecule has 2 amide bonds. The SMILES string of the molecule is C=CC(=O)NCCCNC(C=O)(C=O)CCC(C=O)(C=O)NCCCNC(=O)C=C. The molecule has 0 aromatic heterocycles. The van der Waals surface area contributed by atoms with Gasteiger partial charge in [-0.05, 0) is 50.9 Å². The van der Waals surface area contributed by atoms with E-state index in [1.165, 1.54) is 0 Å². The molecule has 4 N–H and O–H groups in total. The molecule has 0 spiro atoms. The minimum atomic E-state index is -1.56. The maximum Gasteiger partial charge on any atom is 0.243 e. The van der Waals surface area contributed by atoms with Crippen LogP contribution in [-0.2, 0) is 28.8 Å². The molecule has 30 heavy (non-hydrogen) atoms. The van der Waals surface area contributed by atoms with E-state index in [4.69, 9.17) is 0 Å². The third kappa shape index (κ3) is 9.99. The molecule has 0 rings (SSSR count). The van der Waals surface area contributed by atoms with E-state index in [1.807, 2.05) is 0 Å². The number of carbonyl (C=O) groups is 6. The van der Waals surface area contributed by atoms with Crippen molar-refractivity contribution in [3.63, 3.8) is 0 Å². The van der Waals surface area contributed by atoms with Crippen LogP contribution in [0, 0.1) is 0 Å². The van der Waals surface area contributed by atoms with E-state index in [0.29, 0.717) is 51.1 Å². The van der Waals surface area contributed by atoms with Gasteiger partial charge in [0.25, 0.3) is 0 Å². The highest BCUT2D eigenvalue weighted by Crippen LogP contribution is 2.15. The van der Waals surface area contributed by atoms with Crippen LogP contribution >= 0.6 is 0 Å². The van der Waals surface area contributed by atoms with Gasteiger partial charge in [-0.15, -0.1) is 0 Å². The third-order valence-corrected chi connectivity index (χ3v) is 4.38. The van der Waals surface area contributed by atoms with Crippen molar-refractivity contribution in [2.45, 2.75) is 36.8 Å². The van der Waals surface area contributed by atoms with Gasteiger partial charge in [-0.25, -0.2) is 0 Å². The number of carbonyl (C=O) groups excluding carboxylic acids is 6. The molecule has 0 saturated heterocycles. The molecule has 0 fully saturated rings. The van der Waals surface area contributed by atoms with Gasteiger partial charge >= 0.3 is 0 Å². The zero-order valence-corrected chi connectivity index (χ0v) is 17.0. The molecule has 0 aliphatic carbocycles. The van der Waals surface area contributed by atoms with Crippen LogP contribution in [0.3, 0.4) is 0 Å². The lowest BCUT2D eigenvalue weighted by Gasteiger charge is -2.29. The van der Waals surface area contributed by atoms with E-state index >= 15 is 0 Å². The van der Waals surface area contributed by atoms with Crippen molar-refractivity contribution in [1.29, 1.82) is 0 Å². The molecule has 10 nitrogen and oxygen atoms in total. The number of hydrogen-bond donors (Lipinski definition) is 4. The number of hydrogen-bond acceptors (Lipinski definition) is 8. The van der Waals surface area contributed by atoms with Crippen molar-refractivity contribution in [2.24, 2.45) is 0 Å². The molecule has 0 aromatic rings. The van der Waals surface area contributed by atoms with E-state index < -0.39 is 11.1 Å². The first kappa shape index (κ1) is 27.0. The second-order valence-corrected chi connectivity index (χ2v) is 6.60. The van der Waals surface area contributed by atoms with Gasteiger partial charge in [-0.2, -0.15) is 0 Å². The zero-order chi connectivity index (χ0) is 22.9. The fourth-order valence-electron chi connectivity index (χ4n) is 2.43. The highest BCUT2D eigenvalue weighted by Gasteiger charge is 2.35. The van der Waals surface area contributed by atoms with Crippen LogP contribution in [0.4, 0.5) is 0 Å². The summed E-state index contributed by atoms with van der Waals surface area (Å²) >= 11 is 0. The van der Waals surface area contributed by atoms with Crippen molar-refractivity contribution in [3.05, 3.63) is 25.3 Å². The lowest BCUT2D eigenvalue weighted by Crippen LogP contribution is -2.54. The largest absolute Gasteiger partial charge is 0.353 e. The van der Waals surface area contributed by atoms with Gasteiger partial charge in [0.15, 0.2) is 0 Å². The Morgan fingerprint density at radius 1 is 0.633 bits per heavy atom. The molecule has 0 unspecified atom stereocenters. The third-order valence-electron chi connectivity index (χ3n) is 4.38. The van der Waals surface area contributed by atoms with Crippen LogP contribution in [0.1, 0.15) is 25.7 Å². The minimum absolute atomic E-state index is 0.0866. The molecule has 0 aliphatic rings. The Balaban J connectivity index is 4.69. The maximum absolute atomic E-state index is 11.5. The quantitative estimate of drug-likeness (QED) is 0.0859. The summed E-state index contributed by atoms with van der Waals surface area (Å²) in [7, 11) is 0. The molecule has 0 aliphatic heterocycles. The van der Waals surface area contributed by atoms with Gasteiger partial charge in [0, 0.05) is 13.1 Å². The van der Waals surface area contributed by atoms with Gasteiger partial charge in [-0.1, -0.05) is 13.2 Å². The number of amides is 2. The van der Waals surface area contributed by atoms with Gasteiger partial charge in [0.05, 0.1) is 0 Å². The first-order valence-electron chi connectivity index (χ1n) is 9.52. The Morgan fingerprint density at radius 3 is 1.23 bits per heavy atom. The summed E-state index contributed by atoms with van der Waals surface area (Å²) < 4.78 is 0. The Morgan fingerprint density at radius 2 is 0.967 bits per heavy atom. The second-order valence-electron chi connectivity index (χ2n) is 6.60. The summed E-state index contributed by atoms with van der Waals surface area (Å²) in [6, 6.07) is 0. The molecular weight excluding hydrogens is 392 g/mol. The maximum atomic E-state index is 11.5. The van der Waals surface area contributed by atoms with Crippen molar-refractivity contribution >= 4 is 37.0 Å². The normalized spacial score (nSPS) is 11.1. The Labute approximate surface area is 175 Å². The zero-order valence-electron chi connectivity index (χ0n) is 17.0. The van der Waals surface area contributed by atoms with Gasteiger partial charge in [0.1, 0.15) is 36.2 Å². The minimum Gasteiger partial charge on any atom is -0.353 e. The average molecular weight is 422 g/mol. The molecule has 0 atom stereocenters. The Bertz CT molecular complexity index is 565. The van der Waals surface area contributed by atoms with Crippen LogP contribution in [0.15, 0.2) is 25.3 Å². The smallest absolute Gasteiger partial charge is 0.243 e. The van der Waals surface area contributed by atoms with Crippen LogP contribution < -0.4 is 21.3 Å². The Hall–Kier alpha value is -2.98. The van der Waals surface area contributed by atoms with Gasteiger partial charge in [-0.3, -0.25) is 20.2 Å². The second kappa shape index (κ2) is 14.9. The molecular formula is C20H30N4O6. The van der Waals surface area contributed by atoms with Crippen LogP contribution in [0.25, 0.3) is 0 Å². The first-order chi connectivity index (χ1) is 14.4. The predicted molar refractivity (Wildman–Crippen MR) is 111 cm³/mol. The average Bonchev–Trinajstić information content (AvgIpc) is 2.79. The van der Waals surface area contributed by atoms with Crippen molar-refractivity contribution in [2.75, 3.05) is 26.2 Å². The van der Waals surface area contributed by atoms with Gasteiger partial charge in [0.2, 0.25) is 11.8 Å². The Kier molecular flexibility index (Phi) is 13.5. The number of aldehydes is 4. The summed E-state index contributed by atoms with van der Waals surface area (Å²) in [6.07, 6.45) is 4.74. The lowest BCUT2D eigenvalue weighted by atomic mass is 9.87. The highest BCUT2D eigenvalue weighted by atomic mass is 16.2. The fourth-order valence-corrected chi connectivity index (χ4v) is 2.43. The summed E-state index contributed by atoms with van der Waals surface area (Å²) in [5, 5.41) is 10.8. The van der Waals surface area contributed by atoms with Crippen molar-refractivity contribution < 1.29 is 28.8 Å². The van der Waals surface area contributed by atoms with Crippen molar-refractivity contribution in [3.8, 4) is 0 Å². The summed E-state index contributed by atoms with van der Waals surface area (Å²) in [4.78, 5) is 68.3. The van der Waals surface area contributed by atoms with Crippen LogP contribution in [0.5, 0.6) is 0 Å². The standard InChI is InChI=1S/C20H30N4O6/c1-3-17(29)21-9-5-11-23-19(13-25,14-26)7-8-20(15-27,16-28)24-12-6-10-22-18(30)4-2/h3-4,13-16,23-24H,1-2,5-12H2,(H,21,29)(H,22,30). The van der Waals surface area contributed by atoms with E-state index in [0.717, 1.165) is 12.2 Å². The topological polar surface area (TPSA) is 151 Å². The molecule has 166 valence electrons.